The van der Waals surface area contributed by atoms with Crippen molar-refractivity contribution in [1.29, 1.82) is 0 Å². The Morgan fingerprint density at radius 3 is 2.77 bits per heavy atom. The summed E-state index contributed by atoms with van der Waals surface area (Å²) in [4.78, 5) is 9.47. The molecule has 0 amide bonds. The zero-order chi connectivity index (χ0) is 15.1. The largest absolute Gasteiger partial charge is 0.280 e. The molecule has 0 fully saturated rings. The molecule has 0 N–H and O–H groups in total. The summed E-state index contributed by atoms with van der Waals surface area (Å²) >= 11 is 0. The van der Waals surface area contributed by atoms with Gasteiger partial charge in [0.05, 0.1) is 16.6 Å². The van der Waals surface area contributed by atoms with E-state index in [9.17, 15) is 4.39 Å². The first kappa shape index (κ1) is 13.2. The number of halogens is 1. The maximum Gasteiger partial charge on any atom is 0.148 e. The Balaban J connectivity index is 2.16. The number of hydrogen-bond acceptors (Lipinski definition) is 2. The van der Waals surface area contributed by atoms with Crippen LogP contribution in [0.4, 0.5) is 4.39 Å². The second kappa shape index (κ2) is 5.05. The quantitative estimate of drug-likeness (QED) is 0.556. The van der Waals surface area contributed by atoms with Crippen LogP contribution in [0.3, 0.4) is 0 Å². The van der Waals surface area contributed by atoms with Crippen LogP contribution in [-0.2, 0) is 6.42 Å². The predicted octanol–water partition coefficient (Wildman–Crippen LogP) is 4.52. The smallest absolute Gasteiger partial charge is 0.148 e. The van der Waals surface area contributed by atoms with E-state index in [2.05, 4.69) is 11.3 Å². The van der Waals surface area contributed by atoms with Crippen molar-refractivity contribution in [2.45, 2.75) is 26.2 Å². The minimum atomic E-state index is -0.260. The predicted molar refractivity (Wildman–Crippen MR) is 86.6 cm³/mol. The van der Waals surface area contributed by atoms with E-state index in [1.165, 1.54) is 12.1 Å². The van der Waals surface area contributed by atoms with Crippen LogP contribution in [0.15, 0.2) is 42.5 Å². The van der Waals surface area contributed by atoms with Gasteiger partial charge in [-0.2, -0.15) is 0 Å². The van der Waals surface area contributed by atoms with Gasteiger partial charge in [-0.25, -0.2) is 14.4 Å². The number of aryl methyl sites for hydroxylation is 1. The van der Waals surface area contributed by atoms with E-state index in [4.69, 9.17) is 9.97 Å². The molecule has 4 rings (SSSR count). The highest BCUT2D eigenvalue weighted by Gasteiger charge is 2.13. The van der Waals surface area contributed by atoms with Gasteiger partial charge in [0.1, 0.15) is 17.3 Å². The van der Waals surface area contributed by atoms with Gasteiger partial charge in [-0.15, -0.1) is 0 Å². The van der Waals surface area contributed by atoms with Gasteiger partial charge in [0.2, 0.25) is 0 Å². The van der Waals surface area contributed by atoms with Gasteiger partial charge in [0.25, 0.3) is 0 Å². The van der Waals surface area contributed by atoms with E-state index >= 15 is 0 Å². The Morgan fingerprint density at radius 2 is 1.91 bits per heavy atom. The lowest BCUT2D eigenvalue weighted by atomic mass is 10.2. The van der Waals surface area contributed by atoms with E-state index in [1.54, 1.807) is 6.07 Å². The molecule has 0 spiro atoms. The van der Waals surface area contributed by atoms with Gasteiger partial charge in [-0.3, -0.25) is 4.40 Å². The van der Waals surface area contributed by atoms with Crippen molar-refractivity contribution >= 4 is 27.6 Å². The molecule has 0 radical (unpaired) electrons. The van der Waals surface area contributed by atoms with Gasteiger partial charge in [0.15, 0.2) is 0 Å². The zero-order valence-corrected chi connectivity index (χ0v) is 12.4. The monoisotopic (exact) mass is 293 g/mol. The summed E-state index contributed by atoms with van der Waals surface area (Å²) in [5, 5.41) is 0.761. The molecule has 3 nitrogen and oxygen atoms in total. The Hall–Kier alpha value is -2.49. The Kier molecular flexibility index (Phi) is 3.03. The summed E-state index contributed by atoms with van der Waals surface area (Å²) in [6, 6.07) is 12.7. The normalized spacial score (nSPS) is 11.7. The summed E-state index contributed by atoms with van der Waals surface area (Å²) in [6.07, 6.45) is 3.07. The van der Waals surface area contributed by atoms with Crippen molar-refractivity contribution in [2.75, 3.05) is 0 Å². The molecule has 0 aliphatic carbocycles. The average molecular weight is 293 g/mol. The summed E-state index contributed by atoms with van der Waals surface area (Å²) < 4.78 is 15.7. The highest BCUT2D eigenvalue weighted by Crippen LogP contribution is 2.25. The van der Waals surface area contributed by atoms with Crippen molar-refractivity contribution in [1.82, 2.24) is 14.4 Å². The van der Waals surface area contributed by atoms with Crippen LogP contribution >= 0.6 is 0 Å². The summed E-state index contributed by atoms with van der Waals surface area (Å²) in [5.74, 6) is 0.731. The number of aromatic nitrogens is 3. The molecule has 0 aliphatic rings. The summed E-state index contributed by atoms with van der Waals surface area (Å²) in [7, 11) is 0. The number of nitrogens with zero attached hydrogens (tertiary/aromatic N) is 3. The van der Waals surface area contributed by atoms with E-state index in [1.807, 2.05) is 24.3 Å². The number of para-hydroxylation sites is 2. The molecule has 2 heterocycles. The molecule has 0 saturated heterocycles. The SMILES string of the molecule is CCCCc1nc2ccc(F)cc2c2nc3ccccc3n12. The van der Waals surface area contributed by atoms with Gasteiger partial charge in [-0.1, -0.05) is 25.5 Å². The lowest BCUT2D eigenvalue weighted by Gasteiger charge is -2.08. The lowest BCUT2D eigenvalue weighted by Crippen LogP contribution is -2.02. The van der Waals surface area contributed by atoms with Gasteiger partial charge < -0.3 is 0 Å². The van der Waals surface area contributed by atoms with Crippen molar-refractivity contribution in [3.05, 3.63) is 54.1 Å². The molecular formula is C18H16FN3. The first-order valence-corrected chi connectivity index (χ1v) is 7.63. The maximum atomic E-state index is 13.7. The molecular weight excluding hydrogens is 277 g/mol. The van der Waals surface area contributed by atoms with Crippen molar-refractivity contribution in [3.8, 4) is 0 Å². The summed E-state index contributed by atoms with van der Waals surface area (Å²) in [5.41, 5.74) is 3.54. The number of benzene rings is 2. The molecule has 2 aromatic heterocycles. The average Bonchev–Trinajstić information content (AvgIpc) is 2.93. The molecule has 110 valence electrons. The fraction of sp³-hybridized carbons (Fsp3) is 0.222. The van der Waals surface area contributed by atoms with Crippen LogP contribution in [0.5, 0.6) is 0 Å². The van der Waals surface area contributed by atoms with Crippen molar-refractivity contribution in [2.24, 2.45) is 0 Å². The lowest BCUT2D eigenvalue weighted by molar-refractivity contribution is 0.629. The minimum absolute atomic E-state index is 0.260. The third-order valence-electron chi connectivity index (χ3n) is 4.02. The number of unbranched alkanes of at least 4 members (excludes halogenated alkanes) is 1. The molecule has 0 saturated carbocycles. The molecule has 22 heavy (non-hydrogen) atoms. The van der Waals surface area contributed by atoms with E-state index in [0.29, 0.717) is 0 Å². The minimum Gasteiger partial charge on any atom is -0.280 e. The van der Waals surface area contributed by atoms with Gasteiger partial charge in [-0.05, 0) is 36.8 Å². The third kappa shape index (κ3) is 1.95. The first-order valence-electron chi connectivity index (χ1n) is 7.63. The molecule has 4 heteroatoms. The highest BCUT2D eigenvalue weighted by molar-refractivity contribution is 5.96. The van der Waals surface area contributed by atoms with Crippen LogP contribution < -0.4 is 0 Å². The second-order valence-electron chi connectivity index (χ2n) is 5.55. The fourth-order valence-electron chi connectivity index (χ4n) is 2.94. The van der Waals surface area contributed by atoms with Gasteiger partial charge in [0, 0.05) is 11.8 Å². The van der Waals surface area contributed by atoms with Crippen LogP contribution in [0.2, 0.25) is 0 Å². The molecule has 0 atom stereocenters. The van der Waals surface area contributed by atoms with E-state index in [-0.39, 0.29) is 5.82 Å². The Morgan fingerprint density at radius 1 is 1.05 bits per heavy atom. The van der Waals surface area contributed by atoms with Crippen molar-refractivity contribution in [3.63, 3.8) is 0 Å². The molecule has 4 aromatic rings. The second-order valence-corrected chi connectivity index (χ2v) is 5.55. The van der Waals surface area contributed by atoms with Gasteiger partial charge >= 0.3 is 0 Å². The highest BCUT2D eigenvalue weighted by atomic mass is 19.1. The van der Waals surface area contributed by atoms with Crippen LogP contribution in [0, 0.1) is 5.82 Å². The standard InChI is InChI=1S/C18H16FN3/c1-2-3-8-17-20-14-10-9-12(19)11-13(14)18-21-15-6-4-5-7-16(15)22(17)18/h4-7,9-11H,2-3,8H2,1H3. The summed E-state index contributed by atoms with van der Waals surface area (Å²) in [6.45, 7) is 2.17. The first-order chi connectivity index (χ1) is 10.8. The van der Waals surface area contributed by atoms with E-state index < -0.39 is 0 Å². The number of fused-ring (bicyclic) bond motifs is 5. The van der Waals surface area contributed by atoms with Crippen LogP contribution in [-0.4, -0.2) is 14.4 Å². The number of imidazole rings is 1. The topological polar surface area (TPSA) is 30.2 Å². The Labute approximate surface area is 127 Å². The molecule has 0 aliphatic heterocycles. The van der Waals surface area contributed by atoms with Crippen molar-refractivity contribution < 1.29 is 4.39 Å². The van der Waals surface area contributed by atoms with E-state index in [0.717, 1.165) is 52.7 Å². The Bertz CT molecular complexity index is 988. The number of hydrogen-bond donors (Lipinski definition) is 0. The number of rotatable bonds is 3. The maximum absolute atomic E-state index is 13.7. The zero-order valence-electron chi connectivity index (χ0n) is 12.4. The fourth-order valence-corrected chi connectivity index (χ4v) is 2.94. The molecule has 2 aromatic carbocycles. The molecule has 0 unspecified atom stereocenters. The van der Waals surface area contributed by atoms with Crippen LogP contribution in [0.25, 0.3) is 27.6 Å². The third-order valence-corrected chi connectivity index (χ3v) is 4.02. The van der Waals surface area contributed by atoms with Crippen LogP contribution in [0.1, 0.15) is 25.6 Å². The molecule has 0 bridgehead atoms.